The maximum atomic E-state index is 12.9. The van der Waals surface area contributed by atoms with Crippen molar-refractivity contribution in [3.05, 3.63) is 39.7 Å². The summed E-state index contributed by atoms with van der Waals surface area (Å²) in [7, 11) is -1.74. The summed E-state index contributed by atoms with van der Waals surface area (Å²) in [6.07, 6.45) is 2.63. The number of aromatic nitrogens is 1. The van der Waals surface area contributed by atoms with Gasteiger partial charge in [-0.1, -0.05) is 13.0 Å². The predicted molar refractivity (Wildman–Crippen MR) is 95.1 cm³/mol. The second-order valence-corrected chi connectivity index (χ2v) is 8.60. The highest BCUT2D eigenvalue weighted by Gasteiger charge is 2.24. The minimum atomic E-state index is -3.64. The molecule has 1 aliphatic rings. The Kier molecular flexibility index (Phi) is 4.71. The highest BCUT2D eigenvalue weighted by molar-refractivity contribution is 7.91. The van der Waals surface area contributed by atoms with Gasteiger partial charge in [0, 0.05) is 37.6 Å². The van der Waals surface area contributed by atoms with Gasteiger partial charge in [-0.25, -0.2) is 13.4 Å². The van der Waals surface area contributed by atoms with E-state index in [-0.39, 0.29) is 22.4 Å². The summed E-state index contributed by atoms with van der Waals surface area (Å²) < 4.78 is 25.8. The van der Waals surface area contributed by atoms with Crippen LogP contribution in [-0.2, 0) is 22.8 Å². The third-order valence-corrected chi connectivity index (χ3v) is 6.66. The molecule has 1 aliphatic heterocycles. The van der Waals surface area contributed by atoms with Gasteiger partial charge in [0.1, 0.15) is 5.01 Å². The summed E-state index contributed by atoms with van der Waals surface area (Å²) in [6, 6.07) is 5.53. The van der Waals surface area contributed by atoms with Crippen LogP contribution in [0, 0.1) is 0 Å². The van der Waals surface area contributed by atoms with Crippen LogP contribution in [0.1, 0.15) is 29.0 Å². The van der Waals surface area contributed by atoms with E-state index in [1.54, 1.807) is 17.5 Å². The molecule has 1 unspecified atom stereocenters. The van der Waals surface area contributed by atoms with Gasteiger partial charge in [0.2, 0.25) is 9.84 Å². The number of rotatable bonds is 5. The van der Waals surface area contributed by atoms with Gasteiger partial charge in [-0.2, -0.15) is 5.10 Å². The zero-order chi connectivity index (χ0) is 17.3. The second-order valence-electron chi connectivity index (χ2n) is 5.76. The Bertz CT molecular complexity index is 874. The first-order valence-corrected chi connectivity index (χ1v) is 10.1. The van der Waals surface area contributed by atoms with E-state index < -0.39 is 9.84 Å². The van der Waals surface area contributed by atoms with Crippen molar-refractivity contribution in [1.82, 2.24) is 9.99 Å². The highest BCUT2D eigenvalue weighted by atomic mass is 32.2. The van der Waals surface area contributed by atoms with Crippen molar-refractivity contribution in [3.63, 3.8) is 0 Å². The van der Waals surface area contributed by atoms with Crippen molar-refractivity contribution < 1.29 is 8.42 Å². The number of likely N-dealkylation sites (N-methyl/N-ethyl adjacent to an activating group) is 1. The Hall–Kier alpha value is -1.77. The van der Waals surface area contributed by atoms with Crippen LogP contribution in [-0.4, -0.2) is 38.2 Å². The first kappa shape index (κ1) is 17.1. The molecule has 2 heterocycles. The van der Waals surface area contributed by atoms with Gasteiger partial charge >= 0.3 is 0 Å². The van der Waals surface area contributed by atoms with E-state index in [9.17, 15) is 8.42 Å². The third kappa shape index (κ3) is 3.22. The van der Waals surface area contributed by atoms with Crippen molar-refractivity contribution in [1.29, 1.82) is 0 Å². The van der Waals surface area contributed by atoms with Crippen LogP contribution in [0.4, 0.5) is 0 Å². The SMILES string of the molecule is CCc1cc(C2C=NN(C)C2)cc(S(=O)(=O)c2csc(CN)n2)c1. The van der Waals surface area contributed by atoms with E-state index in [1.807, 2.05) is 25.2 Å². The lowest BCUT2D eigenvalue weighted by Crippen LogP contribution is -2.13. The Morgan fingerprint density at radius 1 is 1.38 bits per heavy atom. The lowest BCUT2D eigenvalue weighted by molar-refractivity contribution is 0.381. The van der Waals surface area contributed by atoms with Crippen molar-refractivity contribution in [3.8, 4) is 0 Å². The molecule has 0 saturated heterocycles. The predicted octanol–water partition coefficient (Wildman–Crippen LogP) is 2.01. The fourth-order valence-electron chi connectivity index (χ4n) is 2.66. The molecule has 0 saturated carbocycles. The van der Waals surface area contributed by atoms with E-state index in [0.717, 1.165) is 24.1 Å². The first-order valence-electron chi connectivity index (χ1n) is 7.72. The Labute approximate surface area is 145 Å². The molecular weight excluding hydrogens is 344 g/mol. The molecule has 6 nitrogen and oxygen atoms in total. The van der Waals surface area contributed by atoms with Crippen LogP contribution < -0.4 is 5.73 Å². The average Bonchev–Trinajstić information content (AvgIpc) is 3.23. The second kappa shape index (κ2) is 6.62. The third-order valence-electron chi connectivity index (χ3n) is 4.02. The summed E-state index contributed by atoms with van der Waals surface area (Å²) in [4.78, 5) is 4.43. The van der Waals surface area contributed by atoms with Gasteiger partial charge in [-0.05, 0) is 29.7 Å². The van der Waals surface area contributed by atoms with Crippen LogP contribution >= 0.6 is 11.3 Å². The largest absolute Gasteiger partial charge is 0.325 e. The summed E-state index contributed by atoms with van der Waals surface area (Å²) >= 11 is 1.27. The molecule has 24 heavy (non-hydrogen) atoms. The fourth-order valence-corrected chi connectivity index (χ4v) is 4.97. The quantitative estimate of drug-likeness (QED) is 0.877. The Morgan fingerprint density at radius 2 is 2.17 bits per heavy atom. The Morgan fingerprint density at radius 3 is 2.75 bits per heavy atom. The van der Waals surface area contributed by atoms with E-state index in [2.05, 4.69) is 16.2 Å². The molecule has 8 heteroatoms. The lowest BCUT2D eigenvalue weighted by Gasteiger charge is -2.13. The molecule has 2 aromatic rings. The molecule has 0 amide bonds. The molecule has 0 spiro atoms. The van der Waals surface area contributed by atoms with Gasteiger partial charge in [-0.15, -0.1) is 11.3 Å². The maximum Gasteiger partial charge on any atom is 0.224 e. The number of hydrogen-bond acceptors (Lipinski definition) is 7. The molecule has 3 rings (SSSR count). The van der Waals surface area contributed by atoms with Gasteiger partial charge in [-0.3, -0.25) is 5.01 Å². The smallest absolute Gasteiger partial charge is 0.224 e. The number of benzene rings is 1. The molecule has 128 valence electrons. The number of hydrogen-bond donors (Lipinski definition) is 1. The van der Waals surface area contributed by atoms with Crippen LogP contribution in [0.15, 0.2) is 38.6 Å². The minimum absolute atomic E-state index is 0.0735. The van der Waals surface area contributed by atoms with E-state index >= 15 is 0 Å². The molecular formula is C16H20N4O2S2. The van der Waals surface area contributed by atoms with E-state index in [4.69, 9.17) is 5.73 Å². The minimum Gasteiger partial charge on any atom is -0.325 e. The molecule has 0 radical (unpaired) electrons. The molecule has 1 aromatic carbocycles. The number of thiazole rings is 1. The van der Waals surface area contributed by atoms with E-state index in [1.165, 1.54) is 11.3 Å². The first-order chi connectivity index (χ1) is 11.4. The molecule has 2 N–H and O–H groups in total. The standard InChI is InChI=1S/C16H20N4O2S2/c1-3-11-4-12(13-8-18-20(2)9-13)6-14(5-11)24(21,22)16-10-23-15(7-17)19-16/h4-6,8,10,13H,3,7,9,17H2,1-2H3. The molecule has 0 fully saturated rings. The summed E-state index contributed by atoms with van der Waals surface area (Å²) in [5, 5.41) is 8.35. The maximum absolute atomic E-state index is 12.9. The van der Waals surface area contributed by atoms with Gasteiger partial charge < -0.3 is 5.73 Å². The van der Waals surface area contributed by atoms with Crippen LogP contribution in [0.3, 0.4) is 0 Å². The van der Waals surface area contributed by atoms with Crippen LogP contribution in [0.2, 0.25) is 0 Å². The monoisotopic (exact) mass is 364 g/mol. The van der Waals surface area contributed by atoms with Crippen molar-refractivity contribution in [2.75, 3.05) is 13.6 Å². The van der Waals surface area contributed by atoms with Crippen molar-refractivity contribution in [2.24, 2.45) is 10.8 Å². The molecule has 1 atom stereocenters. The fraction of sp³-hybridized carbons (Fsp3) is 0.375. The molecule has 1 aromatic heterocycles. The zero-order valence-corrected chi connectivity index (χ0v) is 15.3. The topological polar surface area (TPSA) is 88.7 Å². The number of nitrogens with two attached hydrogens (primary N) is 1. The van der Waals surface area contributed by atoms with Crippen molar-refractivity contribution in [2.45, 2.75) is 35.7 Å². The van der Waals surface area contributed by atoms with Gasteiger partial charge in [0.05, 0.1) is 4.90 Å². The average molecular weight is 364 g/mol. The number of aryl methyl sites for hydroxylation is 1. The zero-order valence-electron chi connectivity index (χ0n) is 13.6. The number of hydrazone groups is 1. The normalized spacial score (nSPS) is 17.6. The molecule has 0 bridgehead atoms. The van der Waals surface area contributed by atoms with Crippen LogP contribution in [0.25, 0.3) is 0 Å². The Balaban J connectivity index is 2.05. The highest BCUT2D eigenvalue weighted by Crippen LogP contribution is 2.28. The van der Waals surface area contributed by atoms with Crippen molar-refractivity contribution >= 4 is 27.4 Å². The lowest BCUT2D eigenvalue weighted by atomic mass is 9.98. The summed E-state index contributed by atoms with van der Waals surface area (Å²) in [5.41, 5.74) is 7.50. The summed E-state index contributed by atoms with van der Waals surface area (Å²) in [5.74, 6) is 0.102. The molecule has 0 aliphatic carbocycles. The van der Waals surface area contributed by atoms with Crippen LogP contribution in [0.5, 0.6) is 0 Å². The van der Waals surface area contributed by atoms with Gasteiger partial charge in [0.15, 0.2) is 5.03 Å². The number of sulfone groups is 1. The summed E-state index contributed by atoms with van der Waals surface area (Å²) in [6.45, 7) is 3.01. The van der Waals surface area contributed by atoms with E-state index in [0.29, 0.717) is 5.01 Å². The van der Waals surface area contributed by atoms with Gasteiger partial charge in [0.25, 0.3) is 0 Å². The number of nitrogens with zero attached hydrogens (tertiary/aromatic N) is 3.